The first-order chi connectivity index (χ1) is 27.7. The number of hydrogen-bond donors (Lipinski definition) is 0. The third-order valence-electron chi connectivity index (χ3n) is 11.4. The topological polar surface area (TPSA) is 65.0 Å². The van der Waals surface area contributed by atoms with Gasteiger partial charge in [-0.25, -0.2) is 15.0 Å². The highest BCUT2D eigenvalue weighted by molar-refractivity contribution is 6.19. The fourth-order valence-corrected chi connectivity index (χ4v) is 8.81. The van der Waals surface area contributed by atoms with Gasteiger partial charge in [-0.2, -0.15) is 0 Å². The van der Waals surface area contributed by atoms with Gasteiger partial charge in [-0.1, -0.05) is 127 Å². The van der Waals surface area contributed by atoms with Crippen LogP contribution in [-0.4, -0.2) is 15.0 Å². The largest absolute Gasteiger partial charge is 0.456 e. The molecule has 0 radical (unpaired) electrons. The molecule has 0 aliphatic heterocycles. The molecule has 3 heterocycles. The number of rotatable bonds is 4. The molecule has 8 aromatic carbocycles. The zero-order valence-corrected chi connectivity index (χ0v) is 30.2. The van der Waals surface area contributed by atoms with E-state index in [0.29, 0.717) is 17.5 Å². The molecule has 0 spiro atoms. The minimum absolute atomic E-state index is 0.596. The highest BCUT2D eigenvalue weighted by atomic mass is 16.3. The summed E-state index contributed by atoms with van der Waals surface area (Å²) < 4.78 is 13.2. The predicted octanol–water partition coefficient (Wildman–Crippen LogP) is 13.6. The zero-order chi connectivity index (χ0) is 36.7. The number of aromatic nitrogens is 3. The molecule has 262 valence electrons. The third kappa shape index (κ3) is 4.71. The van der Waals surface area contributed by atoms with E-state index in [1.165, 1.54) is 21.9 Å². The molecule has 5 nitrogen and oxygen atoms in total. The highest BCUT2D eigenvalue weighted by Crippen LogP contribution is 2.44. The summed E-state index contributed by atoms with van der Waals surface area (Å²) in [5, 5.41) is 8.92. The molecule has 0 N–H and O–H groups in total. The summed E-state index contributed by atoms with van der Waals surface area (Å²) in [6, 6.07) is 52.7. The Balaban J connectivity index is 1.10. The first-order valence-electron chi connectivity index (χ1n) is 19.1. The van der Waals surface area contributed by atoms with Gasteiger partial charge in [0.1, 0.15) is 22.3 Å². The van der Waals surface area contributed by atoms with Crippen molar-refractivity contribution in [2.24, 2.45) is 0 Å². The summed E-state index contributed by atoms with van der Waals surface area (Å²) in [6.07, 6.45) is 6.48. The second-order valence-electron chi connectivity index (χ2n) is 14.6. The van der Waals surface area contributed by atoms with Crippen LogP contribution in [0.15, 0.2) is 167 Å². The van der Waals surface area contributed by atoms with Crippen LogP contribution in [0.25, 0.3) is 117 Å². The number of allylic oxidation sites excluding steroid dienone is 1. The molecule has 0 fully saturated rings. The number of benzene rings is 8. The molecule has 11 aromatic rings. The van der Waals surface area contributed by atoms with Gasteiger partial charge in [-0.15, -0.1) is 0 Å². The van der Waals surface area contributed by atoms with E-state index in [-0.39, 0.29) is 0 Å². The van der Waals surface area contributed by atoms with Crippen LogP contribution in [-0.2, 0) is 6.42 Å². The average Bonchev–Trinajstić information content (AvgIpc) is 3.85. The number of aryl methyl sites for hydroxylation is 1. The molecule has 56 heavy (non-hydrogen) atoms. The van der Waals surface area contributed by atoms with E-state index >= 15 is 0 Å². The lowest BCUT2D eigenvalue weighted by atomic mass is 9.88. The first-order valence-corrected chi connectivity index (χ1v) is 19.1. The summed E-state index contributed by atoms with van der Waals surface area (Å²) in [6.45, 7) is 0. The molecule has 1 aliphatic rings. The van der Waals surface area contributed by atoms with E-state index in [0.717, 1.165) is 95.3 Å². The van der Waals surface area contributed by atoms with E-state index in [9.17, 15) is 0 Å². The van der Waals surface area contributed by atoms with Gasteiger partial charge < -0.3 is 8.83 Å². The molecular formula is C51H31N3O2. The molecule has 5 heteroatoms. The van der Waals surface area contributed by atoms with Gasteiger partial charge in [-0.3, -0.25) is 0 Å². The van der Waals surface area contributed by atoms with Gasteiger partial charge >= 0.3 is 0 Å². The zero-order valence-electron chi connectivity index (χ0n) is 30.2. The predicted molar refractivity (Wildman–Crippen MR) is 228 cm³/mol. The van der Waals surface area contributed by atoms with Crippen LogP contribution < -0.4 is 0 Å². The van der Waals surface area contributed by atoms with Crippen LogP contribution in [0, 0.1) is 0 Å². The molecule has 0 bridgehead atoms. The third-order valence-corrected chi connectivity index (χ3v) is 11.4. The summed E-state index contributed by atoms with van der Waals surface area (Å²) in [7, 11) is 0. The molecule has 0 atom stereocenters. The Morgan fingerprint density at radius 1 is 0.429 bits per heavy atom. The quantitative estimate of drug-likeness (QED) is 0.181. The monoisotopic (exact) mass is 717 g/mol. The lowest BCUT2D eigenvalue weighted by Gasteiger charge is -2.18. The van der Waals surface area contributed by atoms with E-state index in [1.807, 2.05) is 36.4 Å². The number of fused-ring (bicyclic) bond motifs is 11. The van der Waals surface area contributed by atoms with Crippen molar-refractivity contribution >= 4 is 71.5 Å². The molecular weight excluding hydrogens is 687 g/mol. The van der Waals surface area contributed by atoms with E-state index in [1.54, 1.807) is 0 Å². The maximum absolute atomic E-state index is 6.62. The second-order valence-corrected chi connectivity index (χ2v) is 14.6. The van der Waals surface area contributed by atoms with Crippen LogP contribution in [0.1, 0.15) is 17.5 Å². The van der Waals surface area contributed by atoms with Crippen molar-refractivity contribution in [2.45, 2.75) is 12.8 Å². The SMILES string of the molecule is C1=Cc2c(-c3nc(-c4ccccc4)nc(-c4cccc5oc6cccc(-c7ccc8c(c7)oc7c9ccccc9ccc87)c6c45)n3)cc3ccccc3c2CC1. The molecule has 0 saturated carbocycles. The Bertz CT molecular complexity index is 3430. The number of nitrogens with zero attached hydrogens (tertiary/aromatic N) is 3. The van der Waals surface area contributed by atoms with Crippen LogP contribution in [0.2, 0.25) is 0 Å². The molecule has 0 unspecified atom stereocenters. The normalized spacial score (nSPS) is 12.8. The summed E-state index contributed by atoms with van der Waals surface area (Å²) in [4.78, 5) is 15.7. The lowest BCUT2D eigenvalue weighted by molar-refractivity contribution is 0.669. The molecule has 0 amide bonds. The smallest absolute Gasteiger partial charge is 0.164 e. The Kier molecular flexibility index (Phi) is 6.69. The van der Waals surface area contributed by atoms with Gasteiger partial charge in [0.2, 0.25) is 0 Å². The minimum atomic E-state index is 0.596. The second kappa shape index (κ2) is 12.1. The lowest BCUT2D eigenvalue weighted by Crippen LogP contribution is -2.04. The average molecular weight is 718 g/mol. The fourth-order valence-electron chi connectivity index (χ4n) is 8.81. The van der Waals surface area contributed by atoms with Crippen LogP contribution in [0.5, 0.6) is 0 Å². The Morgan fingerprint density at radius 2 is 1.12 bits per heavy atom. The van der Waals surface area contributed by atoms with Crippen LogP contribution in [0.3, 0.4) is 0 Å². The fraction of sp³-hybridized carbons (Fsp3) is 0.0392. The highest BCUT2D eigenvalue weighted by Gasteiger charge is 2.23. The van der Waals surface area contributed by atoms with Crippen LogP contribution in [0.4, 0.5) is 0 Å². The molecule has 1 aliphatic carbocycles. The van der Waals surface area contributed by atoms with E-state index in [2.05, 4.69) is 127 Å². The summed E-state index contributed by atoms with van der Waals surface area (Å²) >= 11 is 0. The van der Waals surface area contributed by atoms with Crippen molar-refractivity contribution in [1.29, 1.82) is 0 Å². The van der Waals surface area contributed by atoms with Gasteiger partial charge in [-0.05, 0) is 87.7 Å². The van der Waals surface area contributed by atoms with Crippen molar-refractivity contribution in [3.8, 4) is 45.3 Å². The Morgan fingerprint density at radius 3 is 1.98 bits per heavy atom. The molecule has 3 aromatic heterocycles. The first kappa shape index (κ1) is 31.0. The Labute approximate surface area is 321 Å². The van der Waals surface area contributed by atoms with Gasteiger partial charge in [0, 0.05) is 43.6 Å². The Hall–Kier alpha value is -7.37. The summed E-state index contributed by atoms with van der Waals surface area (Å²) in [5.74, 6) is 1.87. The maximum Gasteiger partial charge on any atom is 0.164 e. The van der Waals surface area contributed by atoms with Crippen LogP contribution >= 0.6 is 0 Å². The van der Waals surface area contributed by atoms with Crippen molar-refractivity contribution in [3.05, 3.63) is 169 Å². The minimum Gasteiger partial charge on any atom is -0.456 e. The van der Waals surface area contributed by atoms with E-state index < -0.39 is 0 Å². The number of furan rings is 2. The number of hydrogen-bond acceptors (Lipinski definition) is 5. The van der Waals surface area contributed by atoms with Gasteiger partial charge in [0.15, 0.2) is 17.5 Å². The van der Waals surface area contributed by atoms with Gasteiger partial charge in [0.05, 0.1) is 0 Å². The maximum atomic E-state index is 6.62. The standard InChI is InChI=1S/C51H31N3O2/c1-2-13-31(14-3-1)49-52-50(54-51(53-49)42-28-32-15-5-6-16-34(32)37-18-8-9-19-38(37)42)41-21-11-23-44-47(41)46-35(20-10-22-43(46)55-44)33-25-26-39-40-27-24-30-12-4-7-17-36(30)48(40)56-45(39)29-33/h1-7,9-17,19-29H,8,18H2. The molecule has 0 saturated heterocycles. The van der Waals surface area contributed by atoms with Crippen molar-refractivity contribution in [1.82, 2.24) is 15.0 Å². The van der Waals surface area contributed by atoms with Crippen molar-refractivity contribution < 1.29 is 8.83 Å². The molecule has 12 rings (SSSR count). The summed E-state index contributed by atoms with van der Waals surface area (Å²) in [5.41, 5.74) is 10.8. The van der Waals surface area contributed by atoms with E-state index in [4.69, 9.17) is 23.8 Å². The van der Waals surface area contributed by atoms with Crippen molar-refractivity contribution in [2.75, 3.05) is 0 Å². The van der Waals surface area contributed by atoms with Gasteiger partial charge in [0.25, 0.3) is 0 Å². The van der Waals surface area contributed by atoms with Crippen molar-refractivity contribution in [3.63, 3.8) is 0 Å².